The molecule has 1 saturated carbocycles. The third kappa shape index (κ3) is 6.48. The molecule has 1 aliphatic carbocycles. The summed E-state index contributed by atoms with van der Waals surface area (Å²) in [7, 11) is -1.70. The van der Waals surface area contributed by atoms with Crippen LogP contribution in [0.25, 0.3) is 0 Å². The van der Waals surface area contributed by atoms with Crippen molar-refractivity contribution < 1.29 is 31.3 Å². The molecule has 3 unspecified atom stereocenters. The van der Waals surface area contributed by atoms with Gasteiger partial charge in [-0.25, -0.2) is 4.39 Å². The minimum atomic E-state index is -4.40. The molecule has 1 aliphatic rings. The normalized spacial score (nSPS) is 18.7. The number of halogens is 4. The minimum Gasteiger partial charge on any atom is -0.546 e. The molecule has 3 atom stereocenters. The summed E-state index contributed by atoms with van der Waals surface area (Å²) in [6.07, 6.45) is -2.57. The Morgan fingerprint density at radius 1 is 0.971 bits per heavy atom. The third-order valence-electron chi connectivity index (χ3n) is 6.02. The van der Waals surface area contributed by atoms with Crippen molar-refractivity contribution in [2.75, 3.05) is 0 Å². The number of benzene rings is 3. The van der Waals surface area contributed by atoms with E-state index >= 15 is 0 Å². The topological polar surface area (TPSA) is 59.0 Å². The van der Waals surface area contributed by atoms with E-state index in [1.165, 1.54) is 36.4 Å². The maximum atomic E-state index is 13.1. The number of carbonyl (C=O) groups excluding carboxylic acids is 1. The number of alkyl halides is 3. The van der Waals surface area contributed by atoms with Crippen molar-refractivity contribution in [2.45, 2.75) is 42.1 Å². The predicted octanol–water partition coefficient (Wildman–Crippen LogP) is 6.04. The second kappa shape index (κ2) is 10.6. The summed E-state index contributed by atoms with van der Waals surface area (Å²) in [6, 6.07) is 17.3. The van der Waals surface area contributed by atoms with E-state index in [-0.39, 0.29) is 29.4 Å². The number of carbonyl (C=O) groups is 1. The van der Waals surface area contributed by atoms with E-state index in [9.17, 15) is 26.6 Å². The molecule has 0 heterocycles. The smallest absolute Gasteiger partial charge is 0.416 e. The van der Waals surface area contributed by atoms with Gasteiger partial charge >= 0.3 is 6.18 Å². The molecule has 3 aromatic carbocycles. The fourth-order valence-electron chi connectivity index (χ4n) is 4.15. The summed E-state index contributed by atoms with van der Waals surface area (Å²) in [6.45, 7) is 0.278. The number of rotatable bonds is 7. The lowest BCUT2D eigenvalue weighted by atomic mass is 10.1. The maximum absolute atomic E-state index is 13.1. The predicted molar refractivity (Wildman–Crippen MR) is 126 cm³/mol. The molecule has 0 aliphatic heterocycles. The Morgan fingerprint density at radius 2 is 1.69 bits per heavy atom. The van der Waals surface area contributed by atoms with Crippen LogP contribution < -0.4 is 5.32 Å². The van der Waals surface area contributed by atoms with E-state index in [1.54, 1.807) is 18.2 Å². The van der Waals surface area contributed by atoms with Crippen molar-refractivity contribution in [3.63, 3.8) is 0 Å². The van der Waals surface area contributed by atoms with Crippen molar-refractivity contribution in [1.29, 1.82) is 0 Å². The summed E-state index contributed by atoms with van der Waals surface area (Å²) in [4.78, 5) is 13.3. The molecule has 2 N–H and O–H groups in total. The van der Waals surface area contributed by atoms with Crippen molar-refractivity contribution in [3.8, 4) is 11.5 Å². The van der Waals surface area contributed by atoms with Crippen LogP contribution in [0.15, 0.2) is 77.7 Å². The van der Waals surface area contributed by atoms with Gasteiger partial charge < -0.3 is 10.1 Å². The van der Waals surface area contributed by atoms with Gasteiger partial charge in [0.05, 0.1) is 5.56 Å². The third-order valence-corrected chi connectivity index (χ3v) is 7.96. The van der Waals surface area contributed by atoms with E-state index in [0.29, 0.717) is 35.7 Å². The monoisotopic (exact) mass is 507 g/mol. The highest BCUT2D eigenvalue weighted by Gasteiger charge is 2.37. The Labute approximate surface area is 202 Å². The SMILES string of the molecule is O=C(NCc1cccc([OH+]c2ccc(C(F)(F)F)cc2)c1)C1CCC([SH+](=O)c2ccc(F)cc2)C1. The standard InChI is InChI=1S/C26H23F4NO3S/c27-20-7-12-23(13-8-20)35(33)24-11-4-18(15-24)25(32)31-16-17-2-1-3-22(14-17)34-21-9-5-19(6-10-21)26(28,29)30/h1-3,5-10,12-14,18,24H,4,11,15-16H2,(H,31,32)/p+2. The first kappa shape index (κ1) is 24.9. The number of hydrogen-bond donors (Lipinski definition) is 1. The van der Waals surface area contributed by atoms with Gasteiger partial charge in [-0.1, -0.05) is 12.1 Å². The van der Waals surface area contributed by atoms with Crippen LogP contribution in [0.5, 0.6) is 11.5 Å². The second-order valence-electron chi connectivity index (χ2n) is 8.51. The number of hydrogen-bond acceptors (Lipinski definition) is 2. The fraction of sp³-hybridized carbons (Fsp3) is 0.269. The van der Waals surface area contributed by atoms with Crippen LogP contribution >= 0.6 is 0 Å². The second-order valence-corrected chi connectivity index (χ2v) is 10.4. The van der Waals surface area contributed by atoms with Crippen LogP contribution in [-0.4, -0.2) is 15.9 Å². The van der Waals surface area contributed by atoms with Gasteiger partial charge in [0.2, 0.25) is 5.91 Å². The van der Waals surface area contributed by atoms with Crippen LogP contribution in [0.3, 0.4) is 0 Å². The van der Waals surface area contributed by atoms with Gasteiger partial charge in [0.1, 0.15) is 21.9 Å². The molecule has 184 valence electrons. The van der Waals surface area contributed by atoms with Gasteiger partial charge in [-0.2, -0.15) is 13.2 Å². The molecule has 1 fully saturated rings. The summed E-state index contributed by atoms with van der Waals surface area (Å²) < 4.78 is 68.4. The molecule has 0 bridgehead atoms. The largest absolute Gasteiger partial charge is 0.546 e. The molecule has 0 saturated heterocycles. The lowest BCUT2D eigenvalue weighted by molar-refractivity contribution is -0.137. The lowest BCUT2D eigenvalue weighted by Gasteiger charge is -2.11. The molecule has 0 spiro atoms. The van der Waals surface area contributed by atoms with E-state index < -0.39 is 22.5 Å². The van der Waals surface area contributed by atoms with Crippen molar-refractivity contribution in [2.24, 2.45) is 5.92 Å². The van der Waals surface area contributed by atoms with Gasteiger partial charge in [0, 0.05) is 43.1 Å². The zero-order valence-electron chi connectivity index (χ0n) is 18.6. The van der Waals surface area contributed by atoms with E-state index in [4.69, 9.17) is 0 Å². The first-order chi connectivity index (χ1) is 16.7. The number of thiol groups is 1. The first-order valence-electron chi connectivity index (χ1n) is 11.2. The summed E-state index contributed by atoms with van der Waals surface area (Å²) in [5.74, 6) is 0.233. The summed E-state index contributed by atoms with van der Waals surface area (Å²) in [5.41, 5.74) is 0.0720. The number of nitrogens with one attached hydrogen (secondary N) is 1. The van der Waals surface area contributed by atoms with Crippen LogP contribution in [0, 0.1) is 11.7 Å². The van der Waals surface area contributed by atoms with E-state index in [1.807, 2.05) is 6.07 Å². The highest BCUT2D eigenvalue weighted by molar-refractivity contribution is 7.85. The zero-order valence-corrected chi connectivity index (χ0v) is 19.5. The molecule has 0 radical (unpaired) electrons. The van der Waals surface area contributed by atoms with Crippen LogP contribution in [-0.2, 0) is 32.5 Å². The fourth-order valence-corrected chi connectivity index (χ4v) is 5.85. The average Bonchev–Trinajstić information content (AvgIpc) is 3.33. The Morgan fingerprint density at radius 3 is 2.37 bits per heavy atom. The number of aromatic hydroxyl groups is 2. The van der Waals surface area contributed by atoms with Crippen LogP contribution in [0.2, 0.25) is 0 Å². The van der Waals surface area contributed by atoms with E-state index in [0.717, 1.165) is 17.7 Å². The molecule has 35 heavy (non-hydrogen) atoms. The number of amides is 1. The molecular formula is C26H25F4NO3S+2. The van der Waals surface area contributed by atoms with Gasteiger partial charge in [0.15, 0.2) is 4.90 Å². The van der Waals surface area contributed by atoms with Crippen LogP contribution in [0.4, 0.5) is 17.6 Å². The molecule has 0 aromatic heterocycles. The Hall–Kier alpha value is -3.20. The van der Waals surface area contributed by atoms with Gasteiger partial charge in [-0.3, -0.25) is 4.79 Å². The zero-order chi connectivity index (χ0) is 25.0. The highest BCUT2D eigenvalue weighted by Crippen LogP contribution is 2.33. The van der Waals surface area contributed by atoms with Gasteiger partial charge in [-0.15, -0.1) is 4.21 Å². The summed E-state index contributed by atoms with van der Waals surface area (Å²) >= 11 is 0. The molecule has 9 heteroatoms. The average molecular weight is 508 g/mol. The highest BCUT2D eigenvalue weighted by atomic mass is 32.2. The Balaban J connectivity index is 1.29. The van der Waals surface area contributed by atoms with Crippen molar-refractivity contribution in [1.82, 2.24) is 5.32 Å². The van der Waals surface area contributed by atoms with Gasteiger partial charge in [-0.05, 0) is 54.8 Å². The first-order valence-corrected chi connectivity index (χ1v) is 12.5. The van der Waals surface area contributed by atoms with Crippen LogP contribution in [0.1, 0.15) is 30.4 Å². The molecular weight excluding hydrogens is 482 g/mol. The van der Waals surface area contributed by atoms with Gasteiger partial charge in [0.25, 0.3) is 11.5 Å². The van der Waals surface area contributed by atoms with E-state index in [2.05, 4.69) is 10.1 Å². The number of ether oxygens (including phenoxy) is 1. The molecule has 3 aromatic rings. The van der Waals surface area contributed by atoms with Crippen molar-refractivity contribution >= 4 is 16.7 Å². The quantitative estimate of drug-likeness (QED) is 0.241. The lowest BCUT2D eigenvalue weighted by Crippen LogP contribution is -2.29. The van der Waals surface area contributed by atoms with Crippen molar-refractivity contribution in [3.05, 3.63) is 89.7 Å². The minimum absolute atomic E-state index is 0.111. The maximum Gasteiger partial charge on any atom is 0.416 e. The molecule has 1 amide bonds. The molecule has 4 nitrogen and oxygen atoms in total. The Bertz CT molecular complexity index is 1200. The Kier molecular flexibility index (Phi) is 7.54. The summed E-state index contributed by atoms with van der Waals surface area (Å²) in [5, 5.41) is 2.80. The molecule has 4 rings (SSSR count).